The van der Waals surface area contributed by atoms with E-state index in [9.17, 15) is 4.79 Å². The van der Waals surface area contributed by atoms with Crippen molar-refractivity contribution >= 4 is 39.1 Å². The van der Waals surface area contributed by atoms with E-state index in [2.05, 4.69) is 15.6 Å². The summed E-state index contributed by atoms with van der Waals surface area (Å²) in [5.74, 6) is 0.596. The van der Waals surface area contributed by atoms with E-state index in [1.165, 1.54) is 11.3 Å². The van der Waals surface area contributed by atoms with Gasteiger partial charge in [0.15, 0.2) is 10.1 Å². The number of ether oxygens (including phenoxy) is 1. The zero-order valence-corrected chi connectivity index (χ0v) is 16.1. The fraction of sp³-hybridized carbons (Fsp3) is 0.278. The molecule has 0 amide bonds. The molecule has 0 spiro atoms. The summed E-state index contributed by atoms with van der Waals surface area (Å²) in [6.45, 7) is 3.27. The zero-order chi connectivity index (χ0) is 18.1. The number of hydrogen-bond donors (Lipinski definition) is 0. The van der Waals surface area contributed by atoms with Gasteiger partial charge in [0.2, 0.25) is 0 Å². The minimum Gasteiger partial charge on any atom is -0.383 e. The van der Waals surface area contributed by atoms with E-state index in [-0.39, 0.29) is 5.56 Å². The van der Waals surface area contributed by atoms with Crippen LogP contribution in [0.5, 0.6) is 0 Å². The molecule has 0 aliphatic heterocycles. The van der Waals surface area contributed by atoms with Gasteiger partial charge in [-0.2, -0.15) is 0 Å². The molecule has 0 fully saturated rings. The Morgan fingerprint density at radius 3 is 2.96 bits per heavy atom. The third-order valence-electron chi connectivity index (χ3n) is 4.12. The number of aryl methyl sites for hydroxylation is 1. The maximum Gasteiger partial charge on any atom is 0.258 e. The van der Waals surface area contributed by atoms with Crippen molar-refractivity contribution in [3.63, 3.8) is 0 Å². The van der Waals surface area contributed by atoms with Crippen LogP contribution in [-0.4, -0.2) is 32.7 Å². The second-order valence-corrected chi connectivity index (χ2v) is 7.68. The van der Waals surface area contributed by atoms with Crippen LogP contribution >= 0.6 is 23.1 Å². The van der Waals surface area contributed by atoms with Gasteiger partial charge in [-0.15, -0.1) is 11.3 Å². The fourth-order valence-electron chi connectivity index (χ4n) is 2.88. The molecule has 0 unspecified atom stereocenters. The third kappa shape index (κ3) is 3.15. The maximum atomic E-state index is 12.3. The number of nitrogens with zero attached hydrogens (tertiary/aromatic N) is 4. The first kappa shape index (κ1) is 17.3. The van der Waals surface area contributed by atoms with Gasteiger partial charge in [0, 0.05) is 36.5 Å². The molecule has 4 rings (SSSR count). The SMILES string of the molecule is COCCn1c(SCc2cc(=O)n3c(C)csc3n2)nc2ccccc21. The second-order valence-electron chi connectivity index (χ2n) is 5.90. The Hall–Kier alpha value is -2.16. The summed E-state index contributed by atoms with van der Waals surface area (Å²) >= 11 is 3.08. The summed E-state index contributed by atoms with van der Waals surface area (Å²) in [5.41, 5.74) is 3.71. The van der Waals surface area contributed by atoms with Crippen LogP contribution in [0.4, 0.5) is 0 Å². The average Bonchev–Trinajstić information content (AvgIpc) is 3.19. The number of fused-ring (bicyclic) bond motifs is 2. The maximum absolute atomic E-state index is 12.3. The van der Waals surface area contributed by atoms with Gasteiger partial charge in [0.25, 0.3) is 5.56 Å². The van der Waals surface area contributed by atoms with Crippen molar-refractivity contribution in [1.82, 2.24) is 18.9 Å². The second kappa shape index (κ2) is 7.22. The lowest BCUT2D eigenvalue weighted by molar-refractivity contribution is 0.186. The highest BCUT2D eigenvalue weighted by molar-refractivity contribution is 7.98. The molecule has 0 aliphatic carbocycles. The molecule has 4 aromatic rings. The van der Waals surface area contributed by atoms with E-state index in [1.54, 1.807) is 29.3 Å². The number of methoxy groups -OCH3 is 1. The van der Waals surface area contributed by atoms with Crippen molar-refractivity contribution in [1.29, 1.82) is 0 Å². The average molecular weight is 387 g/mol. The van der Waals surface area contributed by atoms with Gasteiger partial charge in [-0.25, -0.2) is 9.97 Å². The highest BCUT2D eigenvalue weighted by atomic mass is 32.2. The Morgan fingerprint density at radius 1 is 1.27 bits per heavy atom. The van der Waals surface area contributed by atoms with Gasteiger partial charge >= 0.3 is 0 Å². The van der Waals surface area contributed by atoms with Crippen molar-refractivity contribution in [2.45, 2.75) is 24.4 Å². The molecule has 0 bridgehead atoms. The number of aromatic nitrogens is 4. The molecule has 134 valence electrons. The minimum absolute atomic E-state index is 0.0303. The van der Waals surface area contributed by atoms with Crippen molar-refractivity contribution < 1.29 is 4.74 Å². The summed E-state index contributed by atoms with van der Waals surface area (Å²) in [5, 5.41) is 2.86. The van der Waals surface area contributed by atoms with Crippen LogP contribution in [0.1, 0.15) is 11.4 Å². The molecule has 0 saturated carbocycles. The predicted octanol–water partition coefficient (Wildman–Crippen LogP) is 3.35. The summed E-state index contributed by atoms with van der Waals surface area (Å²) < 4.78 is 9.04. The number of hydrogen-bond acceptors (Lipinski definition) is 6. The lowest BCUT2D eigenvalue weighted by Crippen LogP contribution is -2.14. The number of thioether (sulfide) groups is 1. The summed E-state index contributed by atoms with van der Waals surface area (Å²) in [4.78, 5) is 22.4. The molecule has 3 heterocycles. The number of thiazole rings is 1. The predicted molar refractivity (Wildman–Crippen MR) is 105 cm³/mol. The minimum atomic E-state index is -0.0303. The molecule has 8 heteroatoms. The molecular weight excluding hydrogens is 368 g/mol. The van der Waals surface area contributed by atoms with Crippen LogP contribution in [0.15, 0.2) is 45.7 Å². The summed E-state index contributed by atoms with van der Waals surface area (Å²) in [6, 6.07) is 9.68. The van der Waals surface area contributed by atoms with Gasteiger partial charge in [0.1, 0.15) is 0 Å². The Bertz CT molecular complexity index is 1130. The molecule has 6 nitrogen and oxygen atoms in total. The molecular formula is C18H18N4O2S2. The van der Waals surface area contributed by atoms with Crippen LogP contribution in [0.2, 0.25) is 0 Å². The smallest absolute Gasteiger partial charge is 0.258 e. The van der Waals surface area contributed by atoms with E-state index >= 15 is 0 Å². The van der Waals surface area contributed by atoms with Crippen LogP contribution in [0, 0.1) is 6.92 Å². The van der Waals surface area contributed by atoms with Crippen LogP contribution < -0.4 is 5.56 Å². The van der Waals surface area contributed by atoms with Crippen LogP contribution in [-0.2, 0) is 17.0 Å². The molecule has 26 heavy (non-hydrogen) atoms. The van der Waals surface area contributed by atoms with E-state index in [1.807, 2.05) is 30.5 Å². The Kier molecular flexibility index (Phi) is 4.80. The third-order valence-corrected chi connectivity index (χ3v) is 6.07. The first-order valence-electron chi connectivity index (χ1n) is 8.21. The number of rotatable bonds is 6. The van der Waals surface area contributed by atoms with E-state index in [0.717, 1.165) is 39.1 Å². The Morgan fingerprint density at radius 2 is 2.12 bits per heavy atom. The van der Waals surface area contributed by atoms with Gasteiger partial charge in [0.05, 0.1) is 23.3 Å². The molecule has 0 N–H and O–H groups in total. The standard InChI is InChI=1S/C18H18N4O2S2/c1-12-10-25-18-19-13(9-16(23)22(12)18)11-26-17-20-14-5-3-4-6-15(14)21(17)7-8-24-2/h3-6,9-10H,7-8,11H2,1-2H3. The van der Waals surface area contributed by atoms with E-state index < -0.39 is 0 Å². The largest absolute Gasteiger partial charge is 0.383 e. The highest BCUT2D eigenvalue weighted by Gasteiger charge is 2.12. The molecule has 1 aromatic carbocycles. The monoisotopic (exact) mass is 386 g/mol. The molecule has 0 radical (unpaired) electrons. The first-order chi connectivity index (χ1) is 12.7. The summed E-state index contributed by atoms with van der Waals surface area (Å²) in [7, 11) is 1.70. The topological polar surface area (TPSA) is 61.4 Å². The Labute approximate surface area is 158 Å². The molecule has 0 saturated heterocycles. The quantitative estimate of drug-likeness (QED) is 0.476. The van der Waals surface area contributed by atoms with Crippen molar-refractivity contribution in [2.75, 3.05) is 13.7 Å². The number of para-hydroxylation sites is 2. The lowest BCUT2D eigenvalue weighted by Gasteiger charge is -2.08. The lowest BCUT2D eigenvalue weighted by atomic mass is 10.3. The van der Waals surface area contributed by atoms with Gasteiger partial charge < -0.3 is 9.30 Å². The molecule has 3 aromatic heterocycles. The normalized spacial score (nSPS) is 11.6. The number of imidazole rings is 1. The molecule has 0 atom stereocenters. The zero-order valence-electron chi connectivity index (χ0n) is 14.5. The van der Waals surface area contributed by atoms with Crippen LogP contribution in [0.25, 0.3) is 16.0 Å². The van der Waals surface area contributed by atoms with Crippen molar-refractivity contribution in [2.24, 2.45) is 0 Å². The van der Waals surface area contributed by atoms with Crippen molar-refractivity contribution in [3.05, 3.63) is 57.5 Å². The highest BCUT2D eigenvalue weighted by Crippen LogP contribution is 2.26. The fourth-order valence-corrected chi connectivity index (χ4v) is 4.70. The van der Waals surface area contributed by atoms with Crippen LogP contribution in [0.3, 0.4) is 0 Å². The number of benzene rings is 1. The summed E-state index contributed by atoms with van der Waals surface area (Å²) in [6.07, 6.45) is 0. The van der Waals surface area contributed by atoms with Gasteiger partial charge in [-0.1, -0.05) is 23.9 Å². The van der Waals surface area contributed by atoms with E-state index in [0.29, 0.717) is 12.4 Å². The van der Waals surface area contributed by atoms with E-state index in [4.69, 9.17) is 9.72 Å². The van der Waals surface area contributed by atoms with Gasteiger partial charge in [-0.3, -0.25) is 9.20 Å². The molecule has 0 aliphatic rings. The van der Waals surface area contributed by atoms with Crippen molar-refractivity contribution in [3.8, 4) is 0 Å². The Balaban J connectivity index is 1.64. The van der Waals surface area contributed by atoms with Gasteiger partial charge in [-0.05, 0) is 19.1 Å². The first-order valence-corrected chi connectivity index (χ1v) is 10.1.